The molecule has 1 aromatic heterocycles. The van der Waals surface area contributed by atoms with Crippen LogP contribution in [0, 0.1) is 5.82 Å². The second kappa shape index (κ2) is 6.95. The molecule has 1 aliphatic rings. The molecule has 27 heavy (non-hydrogen) atoms. The molecule has 2 aromatic carbocycles. The Bertz CT molecular complexity index is 1070. The maximum absolute atomic E-state index is 13.1. The van der Waals surface area contributed by atoms with E-state index < -0.39 is 0 Å². The molecule has 0 saturated heterocycles. The van der Waals surface area contributed by atoms with Crippen molar-refractivity contribution in [1.29, 1.82) is 0 Å². The third-order valence-electron chi connectivity index (χ3n) is 5.08. The summed E-state index contributed by atoms with van der Waals surface area (Å²) in [5, 5.41) is 0.529. The first kappa shape index (κ1) is 17.4. The number of carbonyl (C=O) groups excluding carboxylic acids is 1. The molecule has 3 aromatic rings. The summed E-state index contributed by atoms with van der Waals surface area (Å²) in [6.45, 7) is 0.699. The van der Waals surface area contributed by atoms with E-state index in [9.17, 15) is 14.0 Å². The number of hydrogen-bond donors (Lipinski definition) is 0. The summed E-state index contributed by atoms with van der Waals surface area (Å²) in [6, 6.07) is 10.7. The van der Waals surface area contributed by atoms with E-state index in [-0.39, 0.29) is 17.3 Å². The number of halogens is 1. The maximum Gasteiger partial charge on any atom is 0.261 e. The molecule has 1 amide bonds. The van der Waals surface area contributed by atoms with Gasteiger partial charge >= 0.3 is 0 Å². The number of anilines is 1. The second-order valence-corrected chi connectivity index (χ2v) is 6.87. The SMILES string of the molecule is CN(C(=O)c1ccc2c(=O)n3c(nc2c1)CCCCC3)c1ccc(F)cc1. The Balaban J connectivity index is 1.73. The zero-order chi connectivity index (χ0) is 19.0. The van der Waals surface area contributed by atoms with Gasteiger partial charge in [-0.25, -0.2) is 9.37 Å². The van der Waals surface area contributed by atoms with Gasteiger partial charge in [0.1, 0.15) is 11.6 Å². The average Bonchev–Trinajstić information content (AvgIpc) is 2.93. The van der Waals surface area contributed by atoms with Gasteiger partial charge in [-0.1, -0.05) is 6.42 Å². The van der Waals surface area contributed by atoms with Gasteiger partial charge in [0.05, 0.1) is 10.9 Å². The molecule has 0 aliphatic carbocycles. The molecule has 0 bridgehead atoms. The second-order valence-electron chi connectivity index (χ2n) is 6.87. The van der Waals surface area contributed by atoms with Gasteiger partial charge in [0, 0.05) is 31.3 Å². The average molecular weight is 365 g/mol. The summed E-state index contributed by atoms with van der Waals surface area (Å²) in [5.41, 5.74) is 1.55. The molecule has 0 saturated carbocycles. The Kier molecular flexibility index (Phi) is 4.48. The number of benzene rings is 2. The van der Waals surface area contributed by atoms with Crippen LogP contribution in [0.4, 0.5) is 10.1 Å². The van der Waals surface area contributed by atoms with Crippen molar-refractivity contribution >= 4 is 22.5 Å². The Labute approximate surface area is 156 Å². The van der Waals surface area contributed by atoms with Crippen LogP contribution >= 0.6 is 0 Å². The standard InChI is InChI=1S/C21H20FN3O2/c1-24(16-9-7-15(22)8-10-16)20(26)14-6-11-17-18(13-14)23-19-5-3-2-4-12-25(19)21(17)27/h6-11,13H,2-5,12H2,1H3. The largest absolute Gasteiger partial charge is 0.311 e. The molecular weight excluding hydrogens is 345 g/mol. The highest BCUT2D eigenvalue weighted by Crippen LogP contribution is 2.20. The summed E-state index contributed by atoms with van der Waals surface area (Å²) in [5.74, 6) is 0.206. The number of carbonyl (C=O) groups is 1. The van der Waals surface area contributed by atoms with Gasteiger partial charge < -0.3 is 4.90 Å². The molecule has 0 radical (unpaired) electrons. The fourth-order valence-corrected chi connectivity index (χ4v) is 3.53. The van der Waals surface area contributed by atoms with Crippen molar-refractivity contribution in [2.24, 2.45) is 0 Å². The number of rotatable bonds is 2. The number of amides is 1. The fourth-order valence-electron chi connectivity index (χ4n) is 3.53. The number of nitrogens with zero attached hydrogens (tertiary/aromatic N) is 3. The molecule has 5 nitrogen and oxygen atoms in total. The van der Waals surface area contributed by atoms with Crippen LogP contribution in [0.2, 0.25) is 0 Å². The minimum Gasteiger partial charge on any atom is -0.311 e. The lowest BCUT2D eigenvalue weighted by molar-refractivity contribution is 0.0993. The normalized spacial score (nSPS) is 13.9. The van der Waals surface area contributed by atoms with Crippen LogP contribution in [0.25, 0.3) is 10.9 Å². The van der Waals surface area contributed by atoms with Crippen LogP contribution in [0.15, 0.2) is 47.3 Å². The summed E-state index contributed by atoms with van der Waals surface area (Å²) < 4.78 is 14.9. The Hall–Kier alpha value is -3.02. The minimum absolute atomic E-state index is 0.0391. The topological polar surface area (TPSA) is 55.2 Å². The van der Waals surface area contributed by atoms with E-state index in [0.29, 0.717) is 28.7 Å². The molecule has 138 valence electrons. The van der Waals surface area contributed by atoms with E-state index in [4.69, 9.17) is 0 Å². The van der Waals surface area contributed by atoms with Crippen LogP contribution in [-0.4, -0.2) is 22.5 Å². The molecule has 0 unspecified atom stereocenters. The summed E-state index contributed by atoms with van der Waals surface area (Å²) >= 11 is 0. The number of hydrogen-bond acceptors (Lipinski definition) is 3. The van der Waals surface area contributed by atoms with Crippen molar-refractivity contribution < 1.29 is 9.18 Å². The predicted octanol–water partition coefficient (Wildman–Crippen LogP) is 3.54. The van der Waals surface area contributed by atoms with E-state index in [0.717, 1.165) is 31.5 Å². The van der Waals surface area contributed by atoms with E-state index in [1.165, 1.54) is 17.0 Å². The van der Waals surface area contributed by atoms with E-state index in [2.05, 4.69) is 4.98 Å². The molecule has 4 rings (SSSR count). The van der Waals surface area contributed by atoms with Gasteiger partial charge in [-0.2, -0.15) is 0 Å². The third-order valence-corrected chi connectivity index (χ3v) is 5.08. The van der Waals surface area contributed by atoms with Crippen molar-refractivity contribution in [3.63, 3.8) is 0 Å². The number of aryl methyl sites for hydroxylation is 1. The van der Waals surface area contributed by atoms with E-state index in [1.54, 1.807) is 41.9 Å². The van der Waals surface area contributed by atoms with Crippen molar-refractivity contribution in [1.82, 2.24) is 9.55 Å². The molecule has 2 heterocycles. The van der Waals surface area contributed by atoms with Crippen molar-refractivity contribution in [2.45, 2.75) is 32.2 Å². The quantitative estimate of drug-likeness (QED) is 0.698. The molecule has 0 atom stereocenters. The number of fused-ring (bicyclic) bond motifs is 2. The Morgan fingerprint density at radius 2 is 1.89 bits per heavy atom. The van der Waals surface area contributed by atoms with Crippen LogP contribution in [0.5, 0.6) is 0 Å². The first-order valence-electron chi connectivity index (χ1n) is 9.12. The van der Waals surface area contributed by atoms with Crippen molar-refractivity contribution in [2.75, 3.05) is 11.9 Å². The molecule has 1 aliphatic heterocycles. The Morgan fingerprint density at radius 1 is 1.11 bits per heavy atom. The lowest BCUT2D eigenvalue weighted by Gasteiger charge is -2.18. The highest BCUT2D eigenvalue weighted by atomic mass is 19.1. The fraction of sp³-hybridized carbons (Fsp3) is 0.286. The lowest BCUT2D eigenvalue weighted by Crippen LogP contribution is -2.27. The molecular formula is C21H20FN3O2. The highest BCUT2D eigenvalue weighted by Gasteiger charge is 2.17. The van der Waals surface area contributed by atoms with Crippen molar-refractivity contribution in [3.8, 4) is 0 Å². The van der Waals surface area contributed by atoms with Gasteiger partial charge in [0.15, 0.2) is 0 Å². The van der Waals surface area contributed by atoms with E-state index >= 15 is 0 Å². The Morgan fingerprint density at radius 3 is 2.67 bits per heavy atom. The lowest BCUT2D eigenvalue weighted by atomic mass is 10.1. The van der Waals surface area contributed by atoms with E-state index in [1.807, 2.05) is 0 Å². The third kappa shape index (κ3) is 3.23. The van der Waals surface area contributed by atoms with Gasteiger partial charge in [0.25, 0.3) is 11.5 Å². The molecule has 0 spiro atoms. The van der Waals surface area contributed by atoms with Gasteiger partial charge in [-0.3, -0.25) is 14.2 Å². The maximum atomic E-state index is 13.1. The minimum atomic E-state index is -0.351. The number of aromatic nitrogens is 2. The van der Waals surface area contributed by atoms with Gasteiger partial charge in [-0.15, -0.1) is 0 Å². The first-order chi connectivity index (χ1) is 13.0. The van der Waals surface area contributed by atoms with Crippen LogP contribution in [0.3, 0.4) is 0 Å². The summed E-state index contributed by atoms with van der Waals surface area (Å²) in [7, 11) is 1.64. The van der Waals surface area contributed by atoms with Crippen LogP contribution in [-0.2, 0) is 13.0 Å². The zero-order valence-corrected chi connectivity index (χ0v) is 15.1. The molecule has 0 fully saturated rings. The highest BCUT2D eigenvalue weighted by molar-refractivity contribution is 6.07. The zero-order valence-electron chi connectivity index (χ0n) is 15.1. The summed E-state index contributed by atoms with van der Waals surface area (Å²) in [6.07, 6.45) is 3.87. The van der Waals surface area contributed by atoms with Crippen LogP contribution < -0.4 is 10.5 Å². The van der Waals surface area contributed by atoms with Gasteiger partial charge in [0.2, 0.25) is 0 Å². The first-order valence-corrected chi connectivity index (χ1v) is 9.12. The van der Waals surface area contributed by atoms with Crippen molar-refractivity contribution in [3.05, 3.63) is 70.0 Å². The summed E-state index contributed by atoms with van der Waals surface area (Å²) in [4.78, 5) is 31.7. The smallest absolute Gasteiger partial charge is 0.261 e. The molecule has 6 heteroatoms. The predicted molar refractivity (Wildman–Crippen MR) is 103 cm³/mol. The molecule has 0 N–H and O–H groups in total. The van der Waals surface area contributed by atoms with Gasteiger partial charge in [-0.05, 0) is 55.3 Å². The monoisotopic (exact) mass is 365 g/mol. The van der Waals surface area contributed by atoms with Crippen LogP contribution in [0.1, 0.15) is 35.4 Å².